The van der Waals surface area contributed by atoms with Gasteiger partial charge in [0.05, 0.1) is 11.5 Å². The van der Waals surface area contributed by atoms with Crippen LogP contribution in [0.5, 0.6) is 0 Å². The summed E-state index contributed by atoms with van der Waals surface area (Å²) < 4.78 is 19.0. The second-order valence-corrected chi connectivity index (χ2v) is 5.32. The van der Waals surface area contributed by atoms with Crippen LogP contribution in [0, 0.1) is 5.82 Å². The van der Waals surface area contributed by atoms with E-state index in [1.807, 2.05) is 0 Å². The first kappa shape index (κ1) is 16.0. The zero-order valence-electron chi connectivity index (χ0n) is 10.9. The highest BCUT2D eigenvalue weighted by Gasteiger charge is 2.26. The fourth-order valence-corrected chi connectivity index (χ4v) is 2.83. The van der Waals surface area contributed by atoms with Gasteiger partial charge in [-0.05, 0) is 12.1 Å². The van der Waals surface area contributed by atoms with E-state index < -0.39 is 11.9 Å². The lowest BCUT2D eigenvalue weighted by molar-refractivity contribution is 0.0269. The molecular weight excluding hydrogens is 317 g/mol. The minimum atomic E-state index is -0.517. The highest BCUT2D eigenvalue weighted by molar-refractivity contribution is 7.17. The van der Waals surface area contributed by atoms with Crippen LogP contribution in [0.1, 0.15) is 9.80 Å². The Morgan fingerprint density at radius 2 is 2.33 bits per heavy atom. The molecule has 0 bridgehead atoms. The second kappa shape index (κ2) is 7.04. The Bertz CT molecular complexity index is 631. The van der Waals surface area contributed by atoms with Gasteiger partial charge < -0.3 is 10.1 Å². The Morgan fingerprint density at radius 3 is 3.05 bits per heavy atom. The molecule has 21 heavy (non-hydrogen) atoms. The van der Waals surface area contributed by atoms with Crippen molar-refractivity contribution in [3.8, 4) is 10.6 Å². The largest absolute Gasteiger partial charge is 0.367 e. The molecule has 3 rings (SSSR count). The fraction of sp³-hybridized carbons (Fsp3) is 0.308. The monoisotopic (exact) mass is 329 g/mol. The molecule has 2 aromatic heterocycles. The van der Waals surface area contributed by atoms with Gasteiger partial charge in [0.2, 0.25) is 5.78 Å². The van der Waals surface area contributed by atoms with Crippen molar-refractivity contribution in [3.63, 3.8) is 0 Å². The summed E-state index contributed by atoms with van der Waals surface area (Å²) in [6.45, 7) is 1.72. The van der Waals surface area contributed by atoms with Gasteiger partial charge in [-0.1, -0.05) is 0 Å². The highest BCUT2D eigenvalue weighted by atomic mass is 35.5. The van der Waals surface area contributed by atoms with Crippen LogP contribution in [0.4, 0.5) is 4.39 Å². The summed E-state index contributed by atoms with van der Waals surface area (Å²) in [6.07, 6.45) is 2.46. The first-order valence-corrected chi connectivity index (χ1v) is 7.00. The number of carbonyl (C=O) groups is 1. The molecule has 1 N–H and O–H groups in total. The van der Waals surface area contributed by atoms with Crippen LogP contribution in [0.25, 0.3) is 10.6 Å². The number of nitrogens with zero attached hydrogens (tertiary/aromatic N) is 2. The van der Waals surface area contributed by atoms with E-state index in [9.17, 15) is 9.18 Å². The van der Waals surface area contributed by atoms with Crippen molar-refractivity contribution >= 4 is 29.5 Å². The molecule has 0 radical (unpaired) electrons. The maximum atomic E-state index is 13.6. The number of Topliss-reactive ketones (excluding diaryl/α,β-unsaturated/α-hetero) is 1. The van der Waals surface area contributed by atoms with E-state index in [2.05, 4.69) is 15.3 Å². The van der Waals surface area contributed by atoms with E-state index in [-0.39, 0.29) is 23.9 Å². The number of hydrogen-bond acceptors (Lipinski definition) is 6. The molecule has 1 aliphatic heterocycles. The number of morpholine rings is 1. The molecule has 5 nitrogen and oxygen atoms in total. The normalized spacial score (nSPS) is 18.0. The topological polar surface area (TPSA) is 64.1 Å². The van der Waals surface area contributed by atoms with Crippen molar-refractivity contribution in [2.24, 2.45) is 0 Å². The molecule has 0 amide bonds. The van der Waals surface area contributed by atoms with Gasteiger partial charge in [0.25, 0.3) is 0 Å². The van der Waals surface area contributed by atoms with Crippen LogP contribution in [-0.2, 0) is 4.74 Å². The lowest BCUT2D eigenvalue weighted by Crippen LogP contribution is -2.43. The number of rotatable bonds is 3. The van der Waals surface area contributed by atoms with E-state index in [1.54, 1.807) is 0 Å². The molecule has 1 fully saturated rings. The van der Waals surface area contributed by atoms with Gasteiger partial charge in [-0.15, -0.1) is 23.7 Å². The van der Waals surface area contributed by atoms with E-state index in [0.717, 1.165) is 17.9 Å². The molecular formula is C13H13ClFN3O2S. The molecule has 0 aliphatic carbocycles. The van der Waals surface area contributed by atoms with Crippen molar-refractivity contribution in [1.29, 1.82) is 0 Å². The molecule has 2 aromatic rings. The van der Waals surface area contributed by atoms with Crippen molar-refractivity contribution in [2.45, 2.75) is 6.10 Å². The lowest BCUT2D eigenvalue weighted by Gasteiger charge is -2.21. The maximum Gasteiger partial charge on any atom is 0.221 e. The van der Waals surface area contributed by atoms with Crippen molar-refractivity contribution < 1.29 is 13.9 Å². The molecule has 0 spiro atoms. The number of pyridine rings is 1. The number of halogens is 2. The van der Waals surface area contributed by atoms with Crippen LogP contribution in [0.3, 0.4) is 0 Å². The number of hydrogen-bond donors (Lipinski definition) is 1. The third kappa shape index (κ3) is 3.44. The Kier molecular flexibility index (Phi) is 5.35. The Morgan fingerprint density at radius 1 is 1.48 bits per heavy atom. The van der Waals surface area contributed by atoms with E-state index in [0.29, 0.717) is 23.0 Å². The quantitative estimate of drug-likeness (QED) is 0.872. The molecule has 0 saturated carbocycles. The van der Waals surface area contributed by atoms with Crippen LogP contribution in [0.2, 0.25) is 0 Å². The van der Waals surface area contributed by atoms with Gasteiger partial charge in [0.15, 0.2) is 5.01 Å². The average molecular weight is 330 g/mol. The van der Waals surface area contributed by atoms with Gasteiger partial charge in [0.1, 0.15) is 17.6 Å². The van der Waals surface area contributed by atoms with E-state index >= 15 is 0 Å². The first-order chi connectivity index (χ1) is 9.75. The number of ketones is 1. The fourth-order valence-electron chi connectivity index (χ4n) is 1.94. The second-order valence-electron chi connectivity index (χ2n) is 4.29. The highest BCUT2D eigenvalue weighted by Crippen LogP contribution is 2.27. The predicted octanol–water partition coefficient (Wildman–Crippen LogP) is 1.94. The number of aromatic nitrogens is 2. The molecule has 0 unspecified atom stereocenters. The minimum absolute atomic E-state index is 0. The van der Waals surface area contributed by atoms with Crippen molar-refractivity contribution in [2.75, 3.05) is 19.7 Å². The standard InChI is InChI=1S/C13H12FN3O2S.ClH/c14-8-2-1-3-16-11(8)10-7-17-13(20-10)12(18)9-6-15-4-5-19-9;/h1-3,7,9,15H,4-6H2;1H/t9-;/m1./s1. The summed E-state index contributed by atoms with van der Waals surface area (Å²) in [5.74, 6) is -0.601. The summed E-state index contributed by atoms with van der Waals surface area (Å²) in [4.78, 5) is 20.8. The van der Waals surface area contributed by atoms with Crippen molar-refractivity contribution in [1.82, 2.24) is 15.3 Å². The molecule has 1 atom stereocenters. The van der Waals surface area contributed by atoms with Crippen LogP contribution < -0.4 is 5.32 Å². The molecule has 112 valence electrons. The number of thiazole rings is 1. The molecule has 8 heteroatoms. The third-order valence-electron chi connectivity index (χ3n) is 2.93. The average Bonchev–Trinajstić information content (AvgIpc) is 2.97. The number of nitrogens with one attached hydrogen (secondary N) is 1. The predicted molar refractivity (Wildman–Crippen MR) is 79.5 cm³/mol. The zero-order valence-corrected chi connectivity index (χ0v) is 12.5. The van der Waals surface area contributed by atoms with Gasteiger partial charge in [-0.2, -0.15) is 0 Å². The zero-order chi connectivity index (χ0) is 13.9. The summed E-state index contributed by atoms with van der Waals surface area (Å²) in [6, 6.07) is 2.85. The smallest absolute Gasteiger partial charge is 0.221 e. The van der Waals surface area contributed by atoms with Gasteiger partial charge in [-0.3, -0.25) is 9.78 Å². The summed E-state index contributed by atoms with van der Waals surface area (Å²) in [5, 5.41) is 3.41. The first-order valence-electron chi connectivity index (χ1n) is 6.19. The van der Waals surface area contributed by atoms with Gasteiger partial charge >= 0.3 is 0 Å². The van der Waals surface area contributed by atoms with Crippen LogP contribution in [-0.4, -0.2) is 41.6 Å². The van der Waals surface area contributed by atoms with Crippen LogP contribution >= 0.6 is 23.7 Å². The minimum Gasteiger partial charge on any atom is -0.367 e. The van der Waals surface area contributed by atoms with Crippen LogP contribution in [0.15, 0.2) is 24.5 Å². The van der Waals surface area contributed by atoms with Gasteiger partial charge in [-0.25, -0.2) is 9.37 Å². The summed E-state index contributed by atoms with van der Waals surface area (Å²) in [5.41, 5.74) is 0.215. The van der Waals surface area contributed by atoms with Crippen molar-refractivity contribution in [3.05, 3.63) is 35.4 Å². The molecule has 1 aliphatic rings. The Hall–Kier alpha value is -1.41. The SMILES string of the molecule is Cl.O=C(c1ncc(-c2ncccc2F)s1)[C@H]1CNCCO1. The molecule has 3 heterocycles. The molecule has 0 aromatic carbocycles. The third-order valence-corrected chi connectivity index (χ3v) is 3.95. The number of carbonyl (C=O) groups excluding carboxylic acids is 1. The Labute approximate surface area is 131 Å². The maximum absolute atomic E-state index is 13.6. The summed E-state index contributed by atoms with van der Waals surface area (Å²) in [7, 11) is 0. The molecule has 1 saturated heterocycles. The lowest BCUT2D eigenvalue weighted by atomic mass is 10.2. The van der Waals surface area contributed by atoms with E-state index in [1.165, 1.54) is 24.5 Å². The van der Waals surface area contributed by atoms with E-state index in [4.69, 9.17) is 4.74 Å². The van der Waals surface area contributed by atoms with Gasteiger partial charge in [0, 0.05) is 25.5 Å². The summed E-state index contributed by atoms with van der Waals surface area (Å²) >= 11 is 1.13. The Balaban J connectivity index is 0.00000161. The number of ether oxygens (including phenoxy) is 1.